The first-order chi connectivity index (χ1) is 16.8. The molecule has 2 heterocycles. The number of nitrogens with two attached hydrogens (primary N) is 3. The Balaban J connectivity index is 1.38. The Morgan fingerprint density at radius 3 is 2.63 bits per heavy atom. The predicted molar refractivity (Wildman–Crippen MR) is 134 cm³/mol. The van der Waals surface area contributed by atoms with Crippen LogP contribution in [-0.4, -0.2) is 60.0 Å². The fourth-order valence-electron chi connectivity index (χ4n) is 3.55. The predicted octanol–water partition coefficient (Wildman–Crippen LogP) is 0.416. The Bertz CT molecular complexity index is 1080. The fourth-order valence-corrected chi connectivity index (χ4v) is 3.77. The molecule has 1 fully saturated rings. The number of carbonyl (C=O) groups is 2. The number of aromatic nitrogens is 2. The fraction of sp³-hybridized carbons (Fsp3) is 0.409. The van der Waals surface area contributed by atoms with E-state index in [1.165, 1.54) is 0 Å². The molecule has 2 amide bonds. The second-order valence-corrected chi connectivity index (χ2v) is 8.37. The van der Waals surface area contributed by atoms with Gasteiger partial charge in [-0.25, -0.2) is 9.97 Å². The summed E-state index contributed by atoms with van der Waals surface area (Å²) in [5.41, 5.74) is 17.9. The molecular weight excluding hydrogens is 474 g/mol. The van der Waals surface area contributed by atoms with Gasteiger partial charge in [-0.3, -0.25) is 19.9 Å². The number of aryl methyl sites for hydroxylation is 1. The van der Waals surface area contributed by atoms with Gasteiger partial charge in [-0.15, -0.1) is 0 Å². The van der Waals surface area contributed by atoms with Crippen molar-refractivity contribution in [2.24, 2.45) is 16.5 Å². The molecule has 1 aliphatic rings. The Hall–Kier alpha value is -3.64. The van der Waals surface area contributed by atoms with Gasteiger partial charge < -0.3 is 32.6 Å². The van der Waals surface area contributed by atoms with E-state index in [-0.39, 0.29) is 46.5 Å². The Morgan fingerprint density at radius 1 is 1.23 bits per heavy atom. The van der Waals surface area contributed by atoms with Crippen LogP contribution in [-0.2, 0) is 11.2 Å². The number of rotatable bonds is 10. The van der Waals surface area contributed by atoms with E-state index in [2.05, 4.69) is 30.9 Å². The van der Waals surface area contributed by atoms with Crippen LogP contribution in [0.5, 0.6) is 5.75 Å². The molecular formula is C22H30ClN9O3. The van der Waals surface area contributed by atoms with Crippen molar-refractivity contribution in [2.75, 3.05) is 31.2 Å². The van der Waals surface area contributed by atoms with Gasteiger partial charge in [-0.2, -0.15) is 0 Å². The van der Waals surface area contributed by atoms with E-state index in [4.69, 9.17) is 33.5 Å². The average Bonchev–Trinajstić information content (AvgIpc) is 3.30. The first-order valence-electron chi connectivity index (χ1n) is 11.2. The normalized spacial score (nSPS) is 17.7. The molecule has 9 N–H and O–H groups in total. The standard InChI is InChI=1S/C22H30ClN9O3/c1-27-20-17(23)30-16(18(24)31-20)21(34)32-22(26)28-9-3-2-4-12-5-7-13(8-6-12)35-14-10-15(19(25)33)29-11-14/h5-8,14-15,29H,2-4,9-11H2,1H3,(H2,25,33)(H3,24,27,31)(H3,26,28,32,34)/t14-,15-/m0/s1. The summed E-state index contributed by atoms with van der Waals surface area (Å²) in [5, 5.41) is 8.24. The first-order valence-corrected chi connectivity index (χ1v) is 11.5. The van der Waals surface area contributed by atoms with E-state index in [1.54, 1.807) is 7.05 Å². The Kier molecular flexibility index (Phi) is 9.04. The van der Waals surface area contributed by atoms with Crippen LogP contribution in [0.3, 0.4) is 0 Å². The summed E-state index contributed by atoms with van der Waals surface area (Å²) in [5.74, 6) is -0.0772. The molecule has 13 heteroatoms. The van der Waals surface area contributed by atoms with Crippen molar-refractivity contribution >= 4 is 41.0 Å². The minimum atomic E-state index is -0.637. The molecule has 2 atom stereocenters. The van der Waals surface area contributed by atoms with Gasteiger partial charge in [-0.1, -0.05) is 23.7 Å². The molecule has 1 aromatic carbocycles. The highest BCUT2D eigenvalue weighted by molar-refractivity contribution is 6.32. The summed E-state index contributed by atoms with van der Waals surface area (Å²) in [4.78, 5) is 35.6. The van der Waals surface area contributed by atoms with E-state index in [0.717, 1.165) is 30.6 Å². The highest BCUT2D eigenvalue weighted by atomic mass is 35.5. The lowest BCUT2D eigenvalue weighted by Gasteiger charge is -2.13. The van der Waals surface area contributed by atoms with Gasteiger partial charge in [0, 0.05) is 26.6 Å². The molecule has 1 aromatic heterocycles. The van der Waals surface area contributed by atoms with Crippen molar-refractivity contribution in [3.05, 3.63) is 40.7 Å². The number of nitrogens with zero attached hydrogens (tertiary/aromatic N) is 3. The molecule has 3 rings (SSSR count). The number of unbranched alkanes of at least 4 members (excludes halogenated alkanes) is 1. The topological polar surface area (TPSA) is 196 Å². The molecule has 1 saturated heterocycles. The highest BCUT2D eigenvalue weighted by Gasteiger charge is 2.29. The number of hydrogen-bond donors (Lipinski definition) is 6. The van der Waals surface area contributed by atoms with Crippen LogP contribution in [0.25, 0.3) is 0 Å². The first kappa shape index (κ1) is 26.0. The van der Waals surface area contributed by atoms with E-state index >= 15 is 0 Å². The summed E-state index contributed by atoms with van der Waals surface area (Å²) < 4.78 is 5.91. The number of primary amides is 1. The van der Waals surface area contributed by atoms with Crippen molar-refractivity contribution in [2.45, 2.75) is 37.8 Å². The minimum absolute atomic E-state index is 0.0224. The lowest BCUT2D eigenvalue weighted by Crippen LogP contribution is -2.38. The van der Waals surface area contributed by atoms with Crippen LogP contribution in [0.1, 0.15) is 35.3 Å². The maximum Gasteiger partial charge on any atom is 0.280 e. The highest BCUT2D eigenvalue weighted by Crippen LogP contribution is 2.20. The van der Waals surface area contributed by atoms with Crippen LogP contribution in [0.2, 0.25) is 5.15 Å². The number of aliphatic imine (C=N–C) groups is 1. The smallest absolute Gasteiger partial charge is 0.280 e. The SMILES string of the molecule is CNc1nc(N)c(C(=O)NC(N)=NCCCCc2ccc(O[C@@H]3CN[C@H](C(N)=O)C3)cc2)nc1Cl. The van der Waals surface area contributed by atoms with Gasteiger partial charge in [0.1, 0.15) is 11.9 Å². The number of halogens is 1. The van der Waals surface area contributed by atoms with Crippen molar-refractivity contribution in [3.63, 3.8) is 0 Å². The van der Waals surface area contributed by atoms with Crippen molar-refractivity contribution < 1.29 is 14.3 Å². The van der Waals surface area contributed by atoms with E-state index in [9.17, 15) is 9.59 Å². The Morgan fingerprint density at radius 2 is 1.97 bits per heavy atom. The van der Waals surface area contributed by atoms with Gasteiger partial charge in [0.05, 0.1) is 6.04 Å². The summed E-state index contributed by atoms with van der Waals surface area (Å²) in [6.07, 6.45) is 3.02. The van der Waals surface area contributed by atoms with E-state index in [1.807, 2.05) is 24.3 Å². The number of guanidine groups is 1. The largest absolute Gasteiger partial charge is 0.489 e. The number of ether oxygens (including phenoxy) is 1. The molecule has 12 nitrogen and oxygen atoms in total. The number of amides is 2. The van der Waals surface area contributed by atoms with Gasteiger partial charge in [0.15, 0.2) is 28.4 Å². The second kappa shape index (κ2) is 12.2. The molecule has 0 spiro atoms. The zero-order valence-corrected chi connectivity index (χ0v) is 20.1. The maximum absolute atomic E-state index is 12.3. The lowest BCUT2D eigenvalue weighted by atomic mass is 10.1. The number of nitrogen functional groups attached to an aromatic ring is 1. The van der Waals surface area contributed by atoms with Crippen molar-refractivity contribution in [1.82, 2.24) is 20.6 Å². The molecule has 0 unspecified atom stereocenters. The monoisotopic (exact) mass is 503 g/mol. The van der Waals surface area contributed by atoms with Gasteiger partial charge in [-0.05, 0) is 37.0 Å². The second-order valence-electron chi connectivity index (χ2n) is 8.01. The number of hydrogen-bond acceptors (Lipinski definition) is 9. The molecule has 35 heavy (non-hydrogen) atoms. The zero-order valence-electron chi connectivity index (χ0n) is 19.4. The number of carbonyl (C=O) groups excluding carboxylic acids is 2. The molecule has 0 saturated carbocycles. The third-order valence-corrected chi connectivity index (χ3v) is 5.65. The minimum Gasteiger partial charge on any atom is -0.489 e. The van der Waals surface area contributed by atoms with Crippen LogP contribution < -0.4 is 37.9 Å². The van der Waals surface area contributed by atoms with Crippen LogP contribution in [0.4, 0.5) is 11.6 Å². The summed E-state index contributed by atoms with van der Waals surface area (Å²) in [6, 6.07) is 7.53. The van der Waals surface area contributed by atoms with Crippen LogP contribution >= 0.6 is 11.6 Å². The van der Waals surface area contributed by atoms with E-state index in [0.29, 0.717) is 19.5 Å². The molecule has 188 valence electrons. The van der Waals surface area contributed by atoms with Gasteiger partial charge in [0.25, 0.3) is 5.91 Å². The third kappa shape index (κ3) is 7.42. The maximum atomic E-state index is 12.3. The number of benzene rings is 1. The lowest BCUT2D eigenvalue weighted by molar-refractivity contribution is -0.119. The molecule has 0 radical (unpaired) electrons. The zero-order chi connectivity index (χ0) is 25.4. The summed E-state index contributed by atoms with van der Waals surface area (Å²) in [7, 11) is 1.61. The number of anilines is 2. The molecule has 2 aromatic rings. The van der Waals surface area contributed by atoms with Gasteiger partial charge >= 0.3 is 0 Å². The molecule has 0 aliphatic carbocycles. The van der Waals surface area contributed by atoms with Crippen LogP contribution in [0.15, 0.2) is 29.3 Å². The summed E-state index contributed by atoms with van der Waals surface area (Å²) in [6.45, 7) is 1.04. The quantitative estimate of drug-likeness (QED) is 0.151. The van der Waals surface area contributed by atoms with Crippen molar-refractivity contribution in [1.29, 1.82) is 0 Å². The average molecular weight is 504 g/mol. The van der Waals surface area contributed by atoms with Crippen LogP contribution in [0, 0.1) is 0 Å². The molecule has 1 aliphatic heterocycles. The van der Waals surface area contributed by atoms with Crippen molar-refractivity contribution in [3.8, 4) is 5.75 Å². The molecule has 0 bridgehead atoms. The number of nitrogens with one attached hydrogen (secondary N) is 3. The summed E-state index contributed by atoms with van der Waals surface area (Å²) >= 11 is 5.96. The Labute approximate surface area is 208 Å². The van der Waals surface area contributed by atoms with Gasteiger partial charge in [0.2, 0.25) is 5.91 Å². The van der Waals surface area contributed by atoms with E-state index < -0.39 is 5.91 Å². The third-order valence-electron chi connectivity index (χ3n) is 5.39.